The topological polar surface area (TPSA) is 43.1 Å². The van der Waals surface area contributed by atoms with Gasteiger partial charge in [-0.3, -0.25) is 4.79 Å². The number of rotatable bonds is 2. The molecule has 3 heteroatoms. The molecule has 0 saturated carbocycles. The summed E-state index contributed by atoms with van der Waals surface area (Å²) in [6, 6.07) is 5.48. The van der Waals surface area contributed by atoms with Crippen LogP contribution in [-0.2, 0) is 4.79 Å². The summed E-state index contributed by atoms with van der Waals surface area (Å²) in [6.45, 7) is 1.94. The number of aryl methyl sites for hydroxylation is 1. The lowest BCUT2D eigenvalue weighted by atomic mass is 10.1. The highest BCUT2D eigenvalue weighted by Crippen LogP contribution is 2.16. The molecule has 0 fully saturated rings. The van der Waals surface area contributed by atoms with E-state index in [1.54, 1.807) is 18.2 Å². The Bertz CT molecular complexity index is 358. The van der Waals surface area contributed by atoms with Crippen LogP contribution in [0, 0.1) is 6.92 Å². The normalized spacial score (nSPS) is 10.6. The number of primary amides is 1. The Kier molecular flexibility index (Phi) is 3.09. The second-order valence-corrected chi connectivity index (χ2v) is 3.17. The van der Waals surface area contributed by atoms with Crippen molar-refractivity contribution in [2.45, 2.75) is 6.92 Å². The molecule has 1 rings (SSSR count). The molecule has 0 bridgehead atoms. The molecule has 1 amide bonds. The highest BCUT2D eigenvalue weighted by Gasteiger charge is 1.95. The molecule has 2 nitrogen and oxygen atoms in total. The van der Waals surface area contributed by atoms with Crippen LogP contribution in [0.15, 0.2) is 24.3 Å². The van der Waals surface area contributed by atoms with Gasteiger partial charge in [0.1, 0.15) is 0 Å². The minimum Gasteiger partial charge on any atom is -0.366 e. The summed E-state index contributed by atoms with van der Waals surface area (Å²) in [5.41, 5.74) is 6.94. The van der Waals surface area contributed by atoms with E-state index in [0.717, 1.165) is 11.1 Å². The molecule has 0 aliphatic heterocycles. The van der Waals surface area contributed by atoms with Gasteiger partial charge in [-0.25, -0.2) is 0 Å². The van der Waals surface area contributed by atoms with E-state index in [1.807, 2.05) is 13.0 Å². The van der Waals surface area contributed by atoms with Crippen molar-refractivity contribution in [3.05, 3.63) is 40.4 Å². The van der Waals surface area contributed by atoms with E-state index < -0.39 is 5.91 Å². The molecule has 0 aliphatic rings. The quantitative estimate of drug-likeness (QED) is 0.722. The fourth-order valence-electron chi connectivity index (χ4n) is 0.963. The van der Waals surface area contributed by atoms with Crippen LogP contribution >= 0.6 is 11.6 Å². The van der Waals surface area contributed by atoms with E-state index in [-0.39, 0.29) is 0 Å². The van der Waals surface area contributed by atoms with Crippen molar-refractivity contribution in [3.63, 3.8) is 0 Å². The minimum absolute atomic E-state index is 0.459. The lowest BCUT2D eigenvalue weighted by Gasteiger charge is -1.99. The summed E-state index contributed by atoms with van der Waals surface area (Å²) in [7, 11) is 0. The zero-order valence-corrected chi connectivity index (χ0v) is 8.01. The molecule has 0 saturated heterocycles. The number of carbonyl (C=O) groups excluding carboxylic acids is 1. The first-order valence-corrected chi connectivity index (χ1v) is 4.21. The molecule has 13 heavy (non-hydrogen) atoms. The third kappa shape index (κ3) is 2.92. The maximum absolute atomic E-state index is 10.5. The van der Waals surface area contributed by atoms with E-state index in [0.29, 0.717) is 5.02 Å². The number of amides is 1. The Labute approximate surface area is 82.0 Å². The van der Waals surface area contributed by atoms with Crippen molar-refractivity contribution < 1.29 is 4.79 Å². The maximum Gasteiger partial charge on any atom is 0.241 e. The zero-order chi connectivity index (χ0) is 9.84. The van der Waals surface area contributed by atoms with Gasteiger partial charge in [0, 0.05) is 11.1 Å². The van der Waals surface area contributed by atoms with Gasteiger partial charge < -0.3 is 5.73 Å². The van der Waals surface area contributed by atoms with Crippen molar-refractivity contribution in [1.29, 1.82) is 0 Å². The van der Waals surface area contributed by atoms with Gasteiger partial charge in [-0.05, 0) is 36.3 Å². The van der Waals surface area contributed by atoms with Crippen molar-refractivity contribution >= 4 is 23.6 Å². The molecule has 2 N–H and O–H groups in total. The smallest absolute Gasteiger partial charge is 0.241 e. The van der Waals surface area contributed by atoms with Gasteiger partial charge in [-0.1, -0.05) is 17.7 Å². The standard InChI is InChI=1S/C10H10ClNO/c1-7-2-4-9(11)6-8(7)3-5-10(12)13/h2-6H,1H3,(H2,12,13). The third-order valence-electron chi connectivity index (χ3n) is 1.67. The lowest BCUT2D eigenvalue weighted by Crippen LogP contribution is -2.05. The largest absolute Gasteiger partial charge is 0.366 e. The minimum atomic E-state index is -0.459. The molecule has 0 aliphatic carbocycles. The van der Waals surface area contributed by atoms with Gasteiger partial charge in [-0.2, -0.15) is 0 Å². The average Bonchev–Trinajstić information content (AvgIpc) is 2.06. The monoisotopic (exact) mass is 195 g/mol. The van der Waals surface area contributed by atoms with Gasteiger partial charge in [0.05, 0.1) is 0 Å². The number of hydrogen-bond acceptors (Lipinski definition) is 1. The van der Waals surface area contributed by atoms with Gasteiger partial charge in [0.25, 0.3) is 0 Å². The molecule has 0 radical (unpaired) electrons. The highest BCUT2D eigenvalue weighted by molar-refractivity contribution is 6.30. The Morgan fingerprint density at radius 3 is 2.85 bits per heavy atom. The Balaban J connectivity index is 3.00. The molecule has 1 aromatic rings. The molecule has 0 aromatic heterocycles. The fraction of sp³-hybridized carbons (Fsp3) is 0.100. The first-order valence-electron chi connectivity index (χ1n) is 3.83. The molecular formula is C10H10ClNO. The Morgan fingerprint density at radius 1 is 1.54 bits per heavy atom. The van der Waals surface area contributed by atoms with Crippen LogP contribution in [0.3, 0.4) is 0 Å². The van der Waals surface area contributed by atoms with Gasteiger partial charge >= 0.3 is 0 Å². The van der Waals surface area contributed by atoms with E-state index in [4.69, 9.17) is 17.3 Å². The molecule has 0 heterocycles. The van der Waals surface area contributed by atoms with Crippen LogP contribution in [0.4, 0.5) is 0 Å². The van der Waals surface area contributed by atoms with Crippen molar-refractivity contribution in [2.24, 2.45) is 5.73 Å². The third-order valence-corrected chi connectivity index (χ3v) is 1.90. The summed E-state index contributed by atoms with van der Waals surface area (Å²) in [5, 5.41) is 0.648. The first kappa shape index (κ1) is 9.81. The van der Waals surface area contributed by atoms with Crippen LogP contribution in [0.2, 0.25) is 5.02 Å². The second kappa shape index (κ2) is 4.10. The van der Waals surface area contributed by atoms with E-state index >= 15 is 0 Å². The average molecular weight is 196 g/mol. The van der Waals surface area contributed by atoms with Gasteiger partial charge in [-0.15, -0.1) is 0 Å². The van der Waals surface area contributed by atoms with Gasteiger partial charge in [0.15, 0.2) is 0 Å². The summed E-state index contributed by atoms with van der Waals surface area (Å²) in [4.78, 5) is 10.5. The molecule has 1 aromatic carbocycles. The van der Waals surface area contributed by atoms with Crippen LogP contribution in [-0.4, -0.2) is 5.91 Å². The van der Waals surface area contributed by atoms with Crippen molar-refractivity contribution in [3.8, 4) is 0 Å². The predicted octanol–water partition coefficient (Wildman–Crippen LogP) is 2.15. The summed E-state index contributed by atoms with van der Waals surface area (Å²) in [6.07, 6.45) is 2.97. The molecular weight excluding hydrogens is 186 g/mol. The highest BCUT2D eigenvalue weighted by atomic mass is 35.5. The number of carbonyl (C=O) groups is 1. The van der Waals surface area contributed by atoms with E-state index in [1.165, 1.54) is 6.08 Å². The molecule has 0 spiro atoms. The Morgan fingerprint density at radius 2 is 2.23 bits per heavy atom. The van der Waals surface area contributed by atoms with Crippen LogP contribution in [0.1, 0.15) is 11.1 Å². The second-order valence-electron chi connectivity index (χ2n) is 2.74. The summed E-state index contributed by atoms with van der Waals surface area (Å²) >= 11 is 5.78. The predicted molar refractivity (Wildman–Crippen MR) is 54.4 cm³/mol. The summed E-state index contributed by atoms with van der Waals surface area (Å²) < 4.78 is 0. The van der Waals surface area contributed by atoms with Crippen molar-refractivity contribution in [2.75, 3.05) is 0 Å². The van der Waals surface area contributed by atoms with Crippen LogP contribution in [0.25, 0.3) is 6.08 Å². The number of halogens is 1. The number of nitrogens with two attached hydrogens (primary N) is 1. The number of hydrogen-bond donors (Lipinski definition) is 1. The zero-order valence-electron chi connectivity index (χ0n) is 7.25. The maximum atomic E-state index is 10.5. The van der Waals surface area contributed by atoms with Crippen LogP contribution < -0.4 is 5.73 Å². The molecule has 0 unspecified atom stereocenters. The molecule has 0 atom stereocenters. The number of benzene rings is 1. The van der Waals surface area contributed by atoms with E-state index in [2.05, 4.69) is 0 Å². The first-order chi connectivity index (χ1) is 6.09. The fourth-order valence-corrected chi connectivity index (χ4v) is 1.14. The van der Waals surface area contributed by atoms with Crippen LogP contribution in [0.5, 0.6) is 0 Å². The van der Waals surface area contributed by atoms with E-state index in [9.17, 15) is 4.79 Å². The summed E-state index contributed by atoms with van der Waals surface area (Å²) in [5.74, 6) is -0.459. The molecule has 68 valence electrons. The Hall–Kier alpha value is -1.28. The van der Waals surface area contributed by atoms with Crippen molar-refractivity contribution in [1.82, 2.24) is 0 Å². The van der Waals surface area contributed by atoms with Gasteiger partial charge in [0.2, 0.25) is 5.91 Å². The SMILES string of the molecule is Cc1ccc(Cl)cc1C=CC(N)=O. The lowest BCUT2D eigenvalue weighted by molar-refractivity contribution is -0.113.